The van der Waals surface area contributed by atoms with Crippen LogP contribution in [0.2, 0.25) is 0 Å². The second-order valence-electron chi connectivity index (χ2n) is 5.69. The average molecular weight is 318 g/mol. The molecule has 1 amide bonds. The van der Waals surface area contributed by atoms with Crippen LogP contribution in [0.3, 0.4) is 0 Å². The summed E-state index contributed by atoms with van der Waals surface area (Å²) in [6.07, 6.45) is 1.78. The minimum atomic E-state index is -3.24. The molecule has 1 fully saturated rings. The third-order valence-corrected chi connectivity index (χ3v) is 4.61. The van der Waals surface area contributed by atoms with Crippen molar-refractivity contribution in [3.8, 4) is 0 Å². The molecule has 0 radical (unpaired) electrons. The highest BCUT2D eigenvalue weighted by atomic mass is 32.2. The number of amides is 1. The summed E-state index contributed by atoms with van der Waals surface area (Å²) in [6, 6.07) is 13.3. The van der Waals surface area contributed by atoms with Crippen molar-refractivity contribution in [1.82, 2.24) is 9.62 Å². The molecule has 1 aliphatic rings. The molecule has 1 heterocycles. The number of hydrogen-bond acceptors (Lipinski definition) is 3. The van der Waals surface area contributed by atoms with Crippen LogP contribution in [0.1, 0.15) is 16.8 Å². The smallest absolute Gasteiger partial charge is 0.253 e. The van der Waals surface area contributed by atoms with Gasteiger partial charge in [0.25, 0.3) is 5.91 Å². The topological polar surface area (TPSA) is 66.5 Å². The highest BCUT2D eigenvalue weighted by Gasteiger charge is 2.28. The van der Waals surface area contributed by atoms with Gasteiger partial charge in [0.1, 0.15) is 0 Å². The van der Waals surface area contributed by atoms with Crippen LogP contribution in [0.5, 0.6) is 0 Å². The SMILES string of the molecule is CS(=O)(=O)N[C@H]1CCN(C(=O)c2ccc3ccccc3c2)C1. The molecule has 3 rings (SSSR count). The van der Waals surface area contributed by atoms with Gasteiger partial charge in [-0.25, -0.2) is 13.1 Å². The molecule has 22 heavy (non-hydrogen) atoms. The Bertz CT molecular complexity index is 817. The lowest BCUT2D eigenvalue weighted by molar-refractivity contribution is 0.0790. The van der Waals surface area contributed by atoms with Crippen molar-refractivity contribution in [3.05, 3.63) is 48.0 Å². The number of rotatable bonds is 3. The van der Waals surface area contributed by atoms with Crippen LogP contribution < -0.4 is 4.72 Å². The van der Waals surface area contributed by atoms with Crippen molar-refractivity contribution in [3.63, 3.8) is 0 Å². The van der Waals surface area contributed by atoms with E-state index >= 15 is 0 Å². The number of nitrogens with one attached hydrogen (secondary N) is 1. The number of fused-ring (bicyclic) bond motifs is 1. The molecule has 6 heteroatoms. The zero-order valence-corrected chi connectivity index (χ0v) is 13.1. The number of nitrogens with zero attached hydrogens (tertiary/aromatic N) is 1. The van der Waals surface area contributed by atoms with E-state index in [0.29, 0.717) is 25.1 Å². The molecule has 2 aromatic carbocycles. The van der Waals surface area contributed by atoms with E-state index in [1.165, 1.54) is 0 Å². The van der Waals surface area contributed by atoms with Crippen LogP contribution in [0.4, 0.5) is 0 Å². The Kier molecular flexibility index (Phi) is 3.88. The first-order valence-electron chi connectivity index (χ1n) is 7.18. The maximum Gasteiger partial charge on any atom is 0.253 e. The van der Waals surface area contributed by atoms with Crippen molar-refractivity contribution in [2.75, 3.05) is 19.3 Å². The highest BCUT2D eigenvalue weighted by molar-refractivity contribution is 7.88. The van der Waals surface area contributed by atoms with Crippen LogP contribution in [0, 0.1) is 0 Å². The first-order chi connectivity index (χ1) is 10.4. The molecule has 0 aromatic heterocycles. The van der Waals surface area contributed by atoms with Gasteiger partial charge >= 0.3 is 0 Å². The van der Waals surface area contributed by atoms with Gasteiger partial charge in [0.05, 0.1) is 6.26 Å². The van der Waals surface area contributed by atoms with E-state index in [1.807, 2.05) is 42.5 Å². The molecule has 0 bridgehead atoms. The van der Waals surface area contributed by atoms with Gasteiger partial charge in [-0.15, -0.1) is 0 Å². The maximum absolute atomic E-state index is 12.6. The Labute approximate surface area is 130 Å². The average Bonchev–Trinajstić information content (AvgIpc) is 2.92. The van der Waals surface area contributed by atoms with Crippen molar-refractivity contribution in [1.29, 1.82) is 0 Å². The van der Waals surface area contributed by atoms with Crippen molar-refractivity contribution >= 4 is 26.7 Å². The predicted molar refractivity (Wildman–Crippen MR) is 86.2 cm³/mol. The summed E-state index contributed by atoms with van der Waals surface area (Å²) in [5, 5.41) is 2.12. The molecule has 1 atom stereocenters. The fourth-order valence-electron chi connectivity index (χ4n) is 2.85. The van der Waals surface area contributed by atoms with Crippen LogP contribution in [0.15, 0.2) is 42.5 Å². The lowest BCUT2D eigenvalue weighted by Gasteiger charge is -2.17. The Morgan fingerprint density at radius 1 is 1.18 bits per heavy atom. The number of carbonyl (C=O) groups is 1. The maximum atomic E-state index is 12.6. The van der Waals surface area contributed by atoms with Crippen LogP contribution in [-0.2, 0) is 10.0 Å². The summed E-state index contributed by atoms with van der Waals surface area (Å²) < 4.78 is 25.1. The standard InChI is InChI=1S/C16H18N2O3S/c1-22(20,21)17-15-8-9-18(11-15)16(19)14-7-6-12-4-2-3-5-13(12)10-14/h2-7,10,15,17H,8-9,11H2,1H3/t15-/m0/s1. The Morgan fingerprint density at radius 3 is 2.64 bits per heavy atom. The highest BCUT2D eigenvalue weighted by Crippen LogP contribution is 2.19. The van der Waals surface area contributed by atoms with E-state index < -0.39 is 10.0 Å². The number of hydrogen-bond donors (Lipinski definition) is 1. The summed E-state index contributed by atoms with van der Waals surface area (Å²) in [5.74, 6) is -0.0523. The monoisotopic (exact) mass is 318 g/mol. The number of likely N-dealkylation sites (tertiary alicyclic amines) is 1. The Morgan fingerprint density at radius 2 is 1.91 bits per heavy atom. The van der Waals surface area contributed by atoms with Gasteiger partial charge in [0.15, 0.2) is 0 Å². The summed E-state index contributed by atoms with van der Waals surface area (Å²) in [4.78, 5) is 14.3. The normalized spacial score (nSPS) is 18.8. The zero-order valence-electron chi connectivity index (χ0n) is 12.3. The second-order valence-corrected chi connectivity index (χ2v) is 7.47. The number of carbonyl (C=O) groups excluding carboxylic acids is 1. The third-order valence-electron chi connectivity index (χ3n) is 3.85. The van der Waals surface area contributed by atoms with Gasteiger partial charge in [-0.1, -0.05) is 30.3 Å². The molecular weight excluding hydrogens is 300 g/mol. The molecule has 116 valence electrons. The Balaban J connectivity index is 1.76. The van der Waals surface area contributed by atoms with Gasteiger partial charge < -0.3 is 4.90 Å². The largest absolute Gasteiger partial charge is 0.337 e. The third kappa shape index (κ3) is 3.28. The summed E-state index contributed by atoms with van der Waals surface area (Å²) in [6.45, 7) is 0.984. The van der Waals surface area contributed by atoms with Crippen molar-refractivity contribution < 1.29 is 13.2 Å². The lowest BCUT2D eigenvalue weighted by atomic mass is 10.1. The molecule has 0 unspecified atom stereocenters. The summed E-state index contributed by atoms with van der Waals surface area (Å²) in [7, 11) is -3.24. The van der Waals surface area contributed by atoms with Gasteiger partial charge in [-0.3, -0.25) is 4.79 Å². The van der Waals surface area contributed by atoms with E-state index in [0.717, 1.165) is 17.0 Å². The molecule has 1 N–H and O–H groups in total. The summed E-state index contributed by atoms with van der Waals surface area (Å²) in [5.41, 5.74) is 0.638. The van der Waals surface area contributed by atoms with Gasteiger partial charge in [-0.2, -0.15) is 0 Å². The second kappa shape index (κ2) is 5.70. The van der Waals surface area contributed by atoms with E-state index in [4.69, 9.17) is 0 Å². The van der Waals surface area contributed by atoms with E-state index in [9.17, 15) is 13.2 Å². The molecule has 0 aliphatic carbocycles. The van der Waals surface area contributed by atoms with Gasteiger partial charge in [0, 0.05) is 24.7 Å². The van der Waals surface area contributed by atoms with Crippen molar-refractivity contribution in [2.45, 2.75) is 12.5 Å². The summed E-state index contributed by atoms with van der Waals surface area (Å²) >= 11 is 0. The van der Waals surface area contributed by atoms with Gasteiger partial charge in [-0.05, 0) is 29.3 Å². The van der Waals surface area contributed by atoms with E-state index in [2.05, 4.69) is 4.72 Å². The van der Waals surface area contributed by atoms with E-state index in [-0.39, 0.29) is 11.9 Å². The number of benzene rings is 2. The predicted octanol–water partition coefficient (Wildman–Crippen LogP) is 1.60. The number of sulfonamides is 1. The lowest BCUT2D eigenvalue weighted by Crippen LogP contribution is -2.37. The van der Waals surface area contributed by atoms with Crippen molar-refractivity contribution in [2.24, 2.45) is 0 Å². The molecular formula is C16H18N2O3S. The first-order valence-corrected chi connectivity index (χ1v) is 9.07. The first kappa shape index (κ1) is 15.0. The molecule has 2 aromatic rings. The van der Waals surface area contributed by atoms with Crippen LogP contribution >= 0.6 is 0 Å². The Hall–Kier alpha value is -1.92. The minimum absolute atomic E-state index is 0.0523. The molecule has 0 spiro atoms. The van der Waals surface area contributed by atoms with Crippen LogP contribution in [0.25, 0.3) is 10.8 Å². The molecule has 1 saturated heterocycles. The fourth-order valence-corrected chi connectivity index (χ4v) is 3.65. The molecule has 5 nitrogen and oxygen atoms in total. The molecule has 0 saturated carbocycles. The fraction of sp³-hybridized carbons (Fsp3) is 0.312. The van der Waals surface area contributed by atoms with Gasteiger partial charge in [0.2, 0.25) is 10.0 Å². The molecule has 1 aliphatic heterocycles. The quantitative estimate of drug-likeness (QED) is 0.935. The minimum Gasteiger partial charge on any atom is -0.337 e. The zero-order chi connectivity index (χ0) is 15.7. The van der Waals surface area contributed by atoms with E-state index in [1.54, 1.807) is 4.90 Å². The van der Waals surface area contributed by atoms with Crippen LogP contribution in [-0.4, -0.2) is 44.6 Å².